The highest BCUT2D eigenvalue weighted by molar-refractivity contribution is 5.69. The maximum absolute atomic E-state index is 13.0. The number of aromatic nitrogens is 1. The quantitative estimate of drug-likeness (QED) is 0.853. The normalized spacial score (nSPS) is 9.83. The van der Waals surface area contributed by atoms with Gasteiger partial charge in [-0.2, -0.15) is 5.26 Å². The van der Waals surface area contributed by atoms with Crippen LogP contribution in [0.5, 0.6) is 0 Å². The first-order valence-corrected chi connectivity index (χ1v) is 4.97. The van der Waals surface area contributed by atoms with Crippen LogP contribution in [0.1, 0.15) is 5.56 Å². The lowest BCUT2D eigenvalue weighted by atomic mass is 10.2. The molecule has 2 aromatic rings. The van der Waals surface area contributed by atoms with Crippen LogP contribution >= 0.6 is 0 Å². The molecular formula is C12H8F2N4. The van der Waals surface area contributed by atoms with Crippen molar-refractivity contribution in [3.63, 3.8) is 0 Å². The van der Waals surface area contributed by atoms with E-state index in [1.807, 2.05) is 6.07 Å². The Labute approximate surface area is 102 Å². The van der Waals surface area contributed by atoms with E-state index in [1.165, 1.54) is 12.3 Å². The average molecular weight is 246 g/mol. The van der Waals surface area contributed by atoms with E-state index >= 15 is 0 Å². The fourth-order valence-corrected chi connectivity index (χ4v) is 1.41. The summed E-state index contributed by atoms with van der Waals surface area (Å²) in [6, 6.07) is 6.30. The van der Waals surface area contributed by atoms with Gasteiger partial charge in [0.05, 0.1) is 11.3 Å². The van der Waals surface area contributed by atoms with Crippen LogP contribution in [0, 0.1) is 23.0 Å². The van der Waals surface area contributed by atoms with Gasteiger partial charge >= 0.3 is 0 Å². The predicted octanol–water partition coefficient (Wildman–Crippen LogP) is 2.56. The number of nitriles is 1. The Hall–Kier alpha value is -2.68. The molecule has 0 saturated heterocycles. The van der Waals surface area contributed by atoms with Crippen molar-refractivity contribution < 1.29 is 8.78 Å². The Balaban J connectivity index is 2.31. The van der Waals surface area contributed by atoms with Gasteiger partial charge in [0.15, 0.2) is 5.82 Å². The van der Waals surface area contributed by atoms with Crippen molar-refractivity contribution in [2.24, 2.45) is 0 Å². The SMILES string of the molecule is N#Cc1cnc(Nc2cc(F)cc(F)c2)c(N)c1. The molecule has 1 aromatic carbocycles. The summed E-state index contributed by atoms with van der Waals surface area (Å²) in [7, 11) is 0. The van der Waals surface area contributed by atoms with Crippen molar-refractivity contribution in [3.8, 4) is 6.07 Å². The molecule has 0 amide bonds. The topological polar surface area (TPSA) is 74.7 Å². The van der Waals surface area contributed by atoms with E-state index in [9.17, 15) is 8.78 Å². The lowest BCUT2D eigenvalue weighted by molar-refractivity contribution is 0.584. The summed E-state index contributed by atoms with van der Waals surface area (Å²) >= 11 is 0. The smallest absolute Gasteiger partial charge is 0.153 e. The van der Waals surface area contributed by atoms with E-state index in [4.69, 9.17) is 11.0 Å². The summed E-state index contributed by atoms with van der Waals surface area (Å²) in [4.78, 5) is 3.90. The number of rotatable bonds is 2. The van der Waals surface area contributed by atoms with Crippen LogP contribution < -0.4 is 11.1 Å². The molecule has 18 heavy (non-hydrogen) atoms. The number of hydrogen-bond donors (Lipinski definition) is 2. The first-order valence-electron chi connectivity index (χ1n) is 4.97. The third-order valence-corrected chi connectivity index (χ3v) is 2.17. The van der Waals surface area contributed by atoms with Crippen LogP contribution in [0.4, 0.5) is 26.0 Å². The molecule has 3 N–H and O–H groups in total. The second-order valence-electron chi connectivity index (χ2n) is 3.56. The molecule has 1 aromatic heterocycles. The maximum atomic E-state index is 13.0. The Kier molecular flexibility index (Phi) is 3.06. The highest BCUT2D eigenvalue weighted by Crippen LogP contribution is 2.22. The van der Waals surface area contributed by atoms with Gasteiger partial charge in [0, 0.05) is 18.0 Å². The molecule has 2 rings (SSSR count). The van der Waals surface area contributed by atoms with Gasteiger partial charge in [0.1, 0.15) is 17.7 Å². The Morgan fingerprint density at radius 1 is 1.17 bits per heavy atom. The molecule has 0 aliphatic rings. The van der Waals surface area contributed by atoms with E-state index in [2.05, 4.69) is 10.3 Å². The molecule has 0 aliphatic heterocycles. The van der Waals surface area contributed by atoms with E-state index in [0.717, 1.165) is 18.2 Å². The summed E-state index contributed by atoms with van der Waals surface area (Å²) in [5, 5.41) is 11.3. The van der Waals surface area contributed by atoms with E-state index in [0.29, 0.717) is 5.56 Å². The standard InChI is InChI=1S/C12H8F2N4/c13-8-2-9(14)4-10(3-8)18-12-11(16)1-7(5-15)6-17-12/h1-4,6H,16H2,(H,17,18). The monoisotopic (exact) mass is 246 g/mol. The number of halogens is 2. The summed E-state index contributed by atoms with van der Waals surface area (Å²) in [6.07, 6.45) is 1.31. The number of nitrogen functional groups attached to an aromatic ring is 1. The van der Waals surface area contributed by atoms with Gasteiger partial charge in [-0.1, -0.05) is 0 Å². The van der Waals surface area contributed by atoms with Crippen LogP contribution in [-0.2, 0) is 0 Å². The van der Waals surface area contributed by atoms with E-state index in [1.54, 1.807) is 0 Å². The Morgan fingerprint density at radius 2 is 1.83 bits per heavy atom. The number of nitrogens with zero attached hydrogens (tertiary/aromatic N) is 2. The molecule has 1 heterocycles. The minimum atomic E-state index is -0.704. The van der Waals surface area contributed by atoms with Gasteiger partial charge in [0.2, 0.25) is 0 Å². The maximum Gasteiger partial charge on any atom is 0.153 e. The van der Waals surface area contributed by atoms with Crippen LogP contribution in [0.2, 0.25) is 0 Å². The fourth-order valence-electron chi connectivity index (χ4n) is 1.41. The average Bonchev–Trinajstić information content (AvgIpc) is 2.30. The number of pyridine rings is 1. The van der Waals surface area contributed by atoms with Crippen LogP contribution in [-0.4, -0.2) is 4.98 Å². The van der Waals surface area contributed by atoms with Crippen molar-refractivity contribution in [1.29, 1.82) is 5.26 Å². The van der Waals surface area contributed by atoms with Crippen LogP contribution in [0.3, 0.4) is 0 Å². The van der Waals surface area contributed by atoms with Gasteiger partial charge in [-0.3, -0.25) is 0 Å². The summed E-state index contributed by atoms with van der Waals surface area (Å²) in [5.74, 6) is -1.17. The van der Waals surface area contributed by atoms with Gasteiger partial charge in [-0.05, 0) is 18.2 Å². The third kappa shape index (κ3) is 2.52. The minimum Gasteiger partial charge on any atom is -0.396 e. The Morgan fingerprint density at radius 3 is 2.39 bits per heavy atom. The molecule has 4 nitrogen and oxygen atoms in total. The number of nitrogens with two attached hydrogens (primary N) is 1. The summed E-state index contributed by atoms with van der Waals surface area (Å²) in [6.45, 7) is 0. The minimum absolute atomic E-state index is 0.191. The molecule has 6 heteroatoms. The highest BCUT2D eigenvalue weighted by Gasteiger charge is 2.05. The van der Waals surface area contributed by atoms with Crippen molar-refractivity contribution in [1.82, 2.24) is 4.98 Å². The van der Waals surface area contributed by atoms with Gasteiger partial charge in [0.25, 0.3) is 0 Å². The molecule has 0 aliphatic carbocycles. The summed E-state index contributed by atoms with van der Waals surface area (Å²) in [5.41, 5.74) is 6.38. The van der Waals surface area contributed by atoms with E-state index < -0.39 is 11.6 Å². The molecule has 0 spiro atoms. The zero-order valence-corrected chi connectivity index (χ0v) is 9.11. The van der Waals surface area contributed by atoms with Crippen molar-refractivity contribution in [2.45, 2.75) is 0 Å². The van der Waals surface area contributed by atoms with E-state index in [-0.39, 0.29) is 17.2 Å². The number of hydrogen-bond acceptors (Lipinski definition) is 4. The molecule has 90 valence electrons. The lowest BCUT2D eigenvalue weighted by Gasteiger charge is -2.08. The number of benzene rings is 1. The third-order valence-electron chi connectivity index (χ3n) is 2.17. The zero-order valence-electron chi connectivity index (χ0n) is 9.11. The number of nitrogens with one attached hydrogen (secondary N) is 1. The molecule has 0 bridgehead atoms. The van der Waals surface area contributed by atoms with Crippen LogP contribution in [0.15, 0.2) is 30.5 Å². The van der Waals surface area contributed by atoms with Gasteiger partial charge < -0.3 is 11.1 Å². The summed E-state index contributed by atoms with van der Waals surface area (Å²) < 4.78 is 26.0. The molecular weight excluding hydrogens is 238 g/mol. The predicted molar refractivity (Wildman–Crippen MR) is 63.0 cm³/mol. The first-order chi connectivity index (χ1) is 8.58. The van der Waals surface area contributed by atoms with Crippen molar-refractivity contribution in [3.05, 3.63) is 47.7 Å². The Bertz CT molecular complexity index is 614. The second kappa shape index (κ2) is 4.67. The highest BCUT2D eigenvalue weighted by atomic mass is 19.1. The number of anilines is 3. The lowest BCUT2D eigenvalue weighted by Crippen LogP contribution is -2.00. The first kappa shape index (κ1) is 11.8. The zero-order chi connectivity index (χ0) is 13.1. The fraction of sp³-hybridized carbons (Fsp3) is 0. The second-order valence-corrected chi connectivity index (χ2v) is 3.56. The van der Waals surface area contributed by atoms with Gasteiger partial charge in [-0.15, -0.1) is 0 Å². The van der Waals surface area contributed by atoms with Gasteiger partial charge in [-0.25, -0.2) is 13.8 Å². The molecule has 0 atom stereocenters. The van der Waals surface area contributed by atoms with Crippen molar-refractivity contribution in [2.75, 3.05) is 11.1 Å². The largest absolute Gasteiger partial charge is 0.396 e. The van der Waals surface area contributed by atoms with Crippen LogP contribution in [0.25, 0.3) is 0 Å². The molecule has 0 radical (unpaired) electrons. The molecule has 0 fully saturated rings. The van der Waals surface area contributed by atoms with Crippen molar-refractivity contribution >= 4 is 17.2 Å². The molecule has 0 unspecified atom stereocenters. The molecule has 0 saturated carbocycles.